The second-order valence-corrected chi connectivity index (χ2v) is 5.38. The lowest BCUT2D eigenvalue weighted by atomic mass is 10.1. The molecule has 0 aliphatic carbocycles. The molecule has 0 heterocycles. The molecule has 0 aromatic heterocycles. The van der Waals surface area contributed by atoms with Crippen LogP contribution in [0.4, 0.5) is 5.69 Å². The largest absolute Gasteiger partial charge is 0.456 e. The molecule has 0 fully saturated rings. The monoisotopic (exact) mass is 263 g/mol. The molecular weight excluding hydrogens is 242 g/mol. The normalized spacial score (nSPS) is 10.9. The Kier molecular flexibility index (Phi) is 5.10. The first-order chi connectivity index (χ1) is 8.81. The molecule has 0 unspecified atom stereocenters. The first-order valence-corrected chi connectivity index (χ1v) is 6.45. The molecular formula is C15H21NO3. The number of hydrogen-bond donors (Lipinski definition) is 1. The van der Waals surface area contributed by atoms with Gasteiger partial charge in [-0.3, -0.25) is 4.79 Å². The van der Waals surface area contributed by atoms with Crippen molar-refractivity contribution in [2.24, 2.45) is 0 Å². The smallest absolute Gasteiger partial charge is 0.338 e. The van der Waals surface area contributed by atoms with Gasteiger partial charge in [0.1, 0.15) is 5.60 Å². The molecule has 0 saturated heterocycles. The Morgan fingerprint density at radius 2 is 1.74 bits per heavy atom. The zero-order chi connectivity index (χ0) is 14.5. The lowest BCUT2D eigenvalue weighted by molar-refractivity contribution is -0.116. The number of anilines is 1. The van der Waals surface area contributed by atoms with Crippen molar-refractivity contribution < 1.29 is 14.3 Å². The van der Waals surface area contributed by atoms with Crippen molar-refractivity contribution in [3.8, 4) is 0 Å². The van der Waals surface area contributed by atoms with E-state index in [1.54, 1.807) is 24.3 Å². The summed E-state index contributed by atoms with van der Waals surface area (Å²) in [4.78, 5) is 23.2. The molecule has 0 bridgehead atoms. The fraction of sp³-hybridized carbons (Fsp3) is 0.467. The molecule has 19 heavy (non-hydrogen) atoms. The van der Waals surface area contributed by atoms with Gasteiger partial charge < -0.3 is 10.1 Å². The van der Waals surface area contributed by atoms with Crippen LogP contribution in [0.15, 0.2) is 24.3 Å². The average Bonchev–Trinajstić information content (AvgIpc) is 2.27. The molecule has 4 heteroatoms. The third kappa shape index (κ3) is 5.55. The zero-order valence-electron chi connectivity index (χ0n) is 11.9. The molecule has 4 nitrogen and oxygen atoms in total. The van der Waals surface area contributed by atoms with Crippen molar-refractivity contribution >= 4 is 17.6 Å². The van der Waals surface area contributed by atoms with Crippen LogP contribution in [-0.2, 0) is 9.53 Å². The van der Waals surface area contributed by atoms with E-state index in [1.807, 2.05) is 27.7 Å². The summed E-state index contributed by atoms with van der Waals surface area (Å²) in [6.45, 7) is 7.42. The van der Waals surface area contributed by atoms with Gasteiger partial charge in [0.05, 0.1) is 5.56 Å². The standard InChI is InChI=1S/C15H21NO3/c1-5-6-13(17)16-12-9-7-11(8-10-12)14(18)19-15(2,3)4/h7-10H,5-6H2,1-4H3,(H,16,17). The van der Waals surface area contributed by atoms with Gasteiger partial charge in [-0.2, -0.15) is 0 Å². The van der Waals surface area contributed by atoms with Crippen LogP contribution in [0.1, 0.15) is 50.9 Å². The second-order valence-electron chi connectivity index (χ2n) is 5.38. The number of carbonyl (C=O) groups is 2. The number of esters is 1. The van der Waals surface area contributed by atoms with Crippen molar-refractivity contribution in [3.63, 3.8) is 0 Å². The van der Waals surface area contributed by atoms with E-state index in [0.717, 1.165) is 6.42 Å². The predicted octanol–water partition coefficient (Wildman–Crippen LogP) is 3.38. The van der Waals surface area contributed by atoms with Crippen LogP contribution in [0.3, 0.4) is 0 Å². The SMILES string of the molecule is CCCC(=O)Nc1ccc(C(=O)OC(C)(C)C)cc1. The third-order valence-corrected chi connectivity index (χ3v) is 2.28. The van der Waals surface area contributed by atoms with E-state index in [2.05, 4.69) is 5.32 Å². The minimum absolute atomic E-state index is 0.0208. The van der Waals surface area contributed by atoms with Gasteiger partial charge in [-0.15, -0.1) is 0 Å². The lowest BCUT2D eigenvalue weighted by Gasteiger charge is -2.19. The Hall–Kier alpha value is -1.84. The van der Waals surface area contributed by atoms with E-state index in [-0.39, 0.29) is 11.9 Å². The summed E-state index contributed by atoms with van der Waals surface area (Å²) in [5, 5.41) is 2.77. The van der Waals surface area contributed by atoms with Gasteiger partial charge in [0, 0.05) is 12.1 Å². The molecule has 0 atom stereocenters. The summed E-state index contributed by atoms with van der Waals surface area (Å²) in [5.74, 6) is -0.383. The van der Waals surface area contributed by atoms with Gasteiger partial charge >= 0.3 is 5.97 Å². The van der Waals surface area contributed by atoms with E-state index in [9.17, 15) is 9.59 Å². The number of carbonyl (C=O) groups excluding carboxylic acids is 2. The van der Waals surface area contributed by atoms with E-state index in [1.165, 1.54) is 0 Å². The van der Waals surface area contributed by atoms with Crippen LogP contribution in [-0.4, -0.2) is 17.5 Å². The molecule has 1 aromatic rings. The maximum absolute atomic E-state index is 11.8. The highest BCUT2D eigenvalue weighted by Crippen LogP contribution is 2.15. The number of rotatable bonds is 4. The van der Waals surface area contributed by atoms with Gasteiger partial charge in [0.2, 0.25) is 5.91 Å². The maximum Gasteiger partial charge on any atom is 0.338 e. The first-order valence-electron chi connectivity index (χ1n) is 6.45. The fourth-order valence-electron chi connectivity index (χ4n) is 1.48. The Morgan fingerprint density at radius 1 is 1.16 bits per heavy atom. The average molecular weight is 263 g/mol. The molecule has 0 spiro atoms. The van der Waals surface area contributed by atoms with E-state index in [4.69, 9.17) is 4.74 Å². The highest BCUT2D eigenvalue weighted by molar-refractivity contribution is 5.93. The van der Waals surface area contributed by atoms with Gasteiger partial charge in [0.15, 0.2) is 0 Å². The minimum Gasteiger partial charge on any atom is -0.456 e. The summed E-state index contributed by atoms with van der Waals surface area (Å²) in [6, 6.07) is 6.70. The number of nitrogens with one attached hydrogen (secondary N) is 1. The number of benzene rings is 1. The van der Waals surface area contributed by atoms with Gasteiger partial charge in [-0.25, -0.2) is 4.79 Å². The molecule has 0 aliphatic heterocycles. The van der Waals surface area contributed by atoms with Crippen LogP contribution in [0, 0.1) is 0 Å². The number of ether oxygens (including phenoxy) is 1. The topological polar surface area (TPSA) is 55.4 Å². The predicted molar refractivity (Wildman–Crippen MR) is 75.1 cm³/mol. The zero-order valence-corrected chi connectivity index (χ0v) is 11.9. The van der Waals surface area contributed by atoms with Crippen LogP contribution in [0.2, 0.25) is 0 Å². The molecule has 1 aromatic carbocycles. The fourth-order valence-corrected chi connectivity index (χ4v) is 1.48. The summed E-state index contributed by atoms with van der Waals surface area (Å²) >= 11 is 0. The Bertz CT molecular complexity index is 443. The summed E-state index contributed by atoms with van der Waals surface area (Å²) in [7, 11) is 0. The lowest BCUT2D eigenvalue weighted by Crippen LogP contribution is -2.23. The highest BCUT2D eigenvalue weighted by atomic mass is 16.6. The molecule has 1 rings (SSSR count). The third-order valence-electron chi connectivity index (χ3n) is 2.28. The number of hydrogen-bond acceptors (Lipinski definition) is 3. The molecule has 1 N–H and O–H groups in total. The molecule has 0 radical (unpaired) electrons. The van der Waals surface area contributed by atoms with Crippen molar-refractivity contribution in [1.29, 1.82) is 0 Å². The maximum atomic E-state index is 11.8. The summed E-state index contributed by atoms with van der Waals surface area (Å²) < 4.78 is 5.26. The van der Waals surface area contributed by atoms with Crippen molar-refractivity contribution in [1.82, 2.24) is 0 Å². The number of amides is 1. The molecule has 104 valence electrons. The van der Waals surface area contributed by atoms with Crippen molar-refractivity contribution in [2.75, 3.05) is 5.32 Å². The Balaban J connectivity index is 2.66. The van der Waals surface area contributed by atoms with Gasteiger partial charge in [0.25, 0.3) is 0 Å². The second kappa shape index (κ2) is 6.36. The summed E-state index contributed by atoms with van der Waals surface area (Å²) in [5.41, 5.74) is 0.652. The Morgan fingerprint density at radius 3 is 2.21 bits per heavy atom. The van der Waals surface area contributed by atoms with Crippen LogP contribution >= 0.6 is 0 Å². The Labute approximate surface area is 114 Å². The minimum atomic E-state index is -0.509. The van der Waals surface area contributed by atoms with Crippen LogP contribution < -0.4 is 5.32 Å². The van der Waals surface area contributed by atoms with Crippen molar-refractivity contribution in [2.45, 2.75) is 46.1 Å². The van der Waals surface area contributed by atoms with E-state index < -0.39 is 5.60 Å². The first kappa shape index (κ1) is 15.2. The van der Waals surface area contributed by atoms with Crippen LogP contribution in [0.25, 0.3) is 0 Å². The van der Waals surface area contributed by atoms with E-state index in [0.29, 0.717) is 17.7 Å². The van der Waals surface area contributed by atoms with Crippen LogP contribution in [0.5, 0.6) is 0 Å². The van der Waals surface area contributed by atoms with Gasteiger partial charge in [-0.1, -0.05) is 6.92 Å². The van der Waals surface area contributed by atoms with Crippen molar-refractivity contribution in [3.05, 3.63) is 29.8 Å². The van der Waals surface area contributed by atoms with E-state index >= 15 is 0 Å². The molecule has 1 amide bonds. The molecule has 0 aliphatic rings. The summed E-state index contributed by atoms with van der Waals surface area (Å²) in [6.07, 6.45) is 1.30. The quantitative estimate of drug-likeness (QED) is 0.847. The highest BCUT2D eigenvalue weighted by Gasteiger charge is 2.17. The van der Waals surface area contributed by atoms with Gasteiger partial charge in [-0.05, 0) is 51.5 Å². The molecule has 0 saturated carbocycles.